The van der Waals surface area contributed by atoms with Crippen LogP contribution in [0.5, 0.6) is 0 Å². The van der Waals surface area contributed by atoms with Crippen molar-refractivity contribution in [1.82, 2.24) is 19.8 Å². The van der Waals surface area contributed by atoms with E-state index in [1.165, 1.54) is 0 Å². The van der Waals surface area contributed by atoms with E-state index < -0.39 is 0 Å². The summed E-state index contributed by atoms with van der Waals surface area (Å²) in [5.74, 6) is 0. The van der Waals surface area contributed by atoms with Gasteiger partial charge in [-0.1, -0.05) is 0 Å². The van der Waals surface area contributed by atoms with E-state index in [4.69, 9.17) is 0 Å². The fourth-order valence-corrected chi connectivity index (χ4v) is 2.26. The summed E-state index contributed by atoms with van der Waals surface area (Å²) in [7, 11) is 0. The number of hydrogen-bond donors (Lipinski definition) is 1. The van der Waals surface area contributed by atoms with Crippen molar-refractivity contribution in [3.8, 4) is 0 Å². The molecule has 2 atom stereocenters. The molecule has 4 nitrogen and oxygen atoms in total. The van der Waals surface area contributed by atoms with Crippen molar-refractivity contribution in [3.05, 3.63) is 18.7 Å². The lowest BCUT2D eigenvalue weighted by Crippen LogP contribution is -2.55. The maximum atomic E-state index is 4.06. The minimum atomic E-state index is 0.636. The summed E-state index contributed by atoms with van der Waals surface area (Å²) >= 11 is 0. The normalized spacial score (nSPS) is 28.1. The van der Waals surface area contributed by atoms with Crippen molar-refractivity contribution >= 4 is 0 Å². The van der Waals surface area contributed by atoms with E-state index in [0.717, 1.165) is 26.2 Å². The van der Waals surface area contributed by atoms with E-state index in [1.807, 2.05) is 18.7 Å². The molecular weight excluding hydrogens is 188 g/mol. The van der Waals surface area contributed by atoms with Gasteiger partial charge in [0.05, 0.1) is 6.33 Å². The Hall–Kier alpha value is -0.870. The first-order chi connectivity index (χ1) is 7.27. The van der Waals surface area contributed by atoms with Crippen LogP contribution in [0.15, 0.2) is 18.7 Å². The monoisotopic (exact) mass is 208 g/mol. The van der Waals surface area contributed by atoms with Gasteiger partial charge in [0, 0.05) is 50.7 Å². The summed E-state index contributed by atoms with van der Waals surface area (Å²) in [5, 5.41) is 3.45. The van der Waals surface area contributed by atoms with Crippen LogP contribution in [0.3, 0.4) is 0 Å². The Balaban J connectivity index is 1.86. The smallest absolute Gasteiger partial charge is 0.0946 e. The third-order valence-electron chi connectivity index (χ3n) is 3.19. The Morgan fingerprint density at radius 3 is 2.60 bits per heavy atom. The molecule has 0 amide bonds. The first-order valence-electron chi connectivity index (χ1n) is 5.69. The molecule has 0 spiro atoms. The molecular formula is C11H20N4. The van der Waals surface area contributed by atoms with E-state index in [9.17, 15) is 0 Å². The van der Waals surface area contributed by atoms with Gasteiger partial charge in [0.15, 0.2) is 0 Å². The van der Waals surface area contributed by atoms with Crippen LogP contribution in [0.4, 0.5) is 0 Å². The molecule has 1 saturated heterocycles. The maximum Gasteiger partial charge on any atom is 0.0946 e. The summed E-state index contributed by atoms with van der Waals surface area (Å²) in [6.45, 7) is 8.94. The van der Waals surface area contributed by atoms with Gasteiger partial charge in [-0.25, -0.2) is 4.98 Å². The van der Waals surface area contributed by atoms with Gasteiger partial charge >= 0.3 is 0 Å². The van der Waals surface area contributed by atoms with E-state index in [2.05, 4.69) is 33.6 Å². The molecule has 15 heavy (non-hydrogen) atoms. The first kappa shape index (κ1) is 10.6. The van der Waals surface area contributed by atoms with Crippen LogP contribution < -0.4 is 5.32 Å². The highest BCUT2D eigenvalue weighted by atomic mass is 15.3. The van der Waals surface area contributed by atoms with E-state index >= 15 is 0 Å². The van der Waals surface area contributed by atoms with Gasteiger partial charge in [0.25, 0.3) is 0 Å². The lowest BCUT2D eigenvalue weighted by Gasteiger charge is -2.39. The SMILES string of the molecule is CC1CNCC(C)N1CCn1ccnc1. The van der Waals surface area contributed by atoms with E-state index in [1.54, 1.807) is 0 Å². The number of imidazole rings is 1. The molecule has 2 heterocycles. The number of nitrogens with one attached hydrogen (secondary N) is 1. The summed E-state index contributed by atoms with van der Waals surface area (Å²) in [4.78, 5) is 6.62. The average Bonchev–Trinajstić information content (AvgIpc) is 2.70. The number of hydrogen-bond acceptors (Lipinski definition) is 3. The van der Waals surface area contributed by atoms with Gasteiger partial charge in [-0.05, 0) is 13.8 Å². The van der Waals surface area contributed by atoms with Crippen LogP contribution in [-0.4, -0.2) is 46.2 Å². The van der Waals surface area contributed by atoms with Crippen LogP contribution in [0.2, 0.25) is 0 Å². The average molecular weight is 208 g/mol. The Bertz CT molecular complexity index is 273. The zero-order valence-corrected chi connectivity index (χ0v) is 9.56. The Morgan fingerprint density at radius 2 is 2.00 bits per heavy atom. The predicted molar refractivity (Wildman–Crippen MR) is 60.7 cm³/mol. The minimum absolute atomic E-state index is 0.636. The summed E-state index contributed by atoms with van der Waals surface area (Å²) in [6.07, 6.45) is 5.75. The molecule has 4 heteroatoms. The van der Waals surface area contributed by atoms with Gasteiger partial charge in [-0.3, -0.25) is 4.90 Å². The van der Waals surface area contributed by atoms with Gasteiger partial charge in [-0.15, -0.1) is 0 Å². The predicted octanol–water partition coefficient (Wildman–Crippen LogP) is 0.565. The van der Waals surface area contributed by atoms with Crippen molar-refractivity contribution in [1.29, 1.82) is 0 Å². The highest BCUT2D eigenvalue weighted by Gasteiger charge is 2.23. The van der Waals surface area contributed by atoms with Crippen molar-refractivity contribution in [2.75, 3.05) is 19.6 Å². The van der Waals surface area contributed by atoms with Crippen molar-refractivity contribution in [2.24, 2.45) is 0 Å². The Kier molecular flexibility index (Phi) is 3.38. The second-order valence-electron chi connectivity index (χ2n) is 4.39. The highest BCUT2D eigenvalue weighted by molar-refractivity contribution is 4.83. The third kappa shape index (κ3) is 2.58. The topological polar surface area (TPSA) is 33.1 Å². The molecule has 0 radical (unpaired) electrons. The van der Waals surface area contributed by atoms with Crippen LogP contribution in [0.1, 0.15) is 13.8 Å². The Labute approximate surface area is 91.3 Å². The number of aromatic nitrogens is 2. The van der Waals surface area contributed by atoms with Crippen LogP contribution >= 0.6 is 0 Å². The Morgan fingerprint density at radius 1 is 1.27 bits per heavy atom. The molecule has 1 N–H and O–H groups in total. The van der Waals surface area contributed by atoms with Crippen molar-refractivity contribution in [2.45, 2.75) is 32.5 Å². The number of rotatable bonds is 3. The van der Waals surface area contributed by atoms with Crippen molar-refractivity contribution in [3.63, 3.8) is 0 Å². The molecule has 2 rings (SSSR count). The standard InChI is InChI=1S/C11H20N4/c1-10-7-13-8-11(2)15(10)6-5-14-4-3-12-9-14/h3-4,9-11,13H,5-8H2,1-2H3. The van der Waals surface area contributed by atoms with Gasteiger partial charge < -0.3 is 9.88 Å². The zero-order chi connectivity index (χ0) is 10.7. The molecule has 0 aliphatic carbocycles. The molecule has 0 aromatic carbocycles. The zero-order valence-electron chi connectivity index (χ0n) is 9.56. The van der Waals surface area contributed by atoms with Gasteiger partial charge in [-0.2, -0.15) is 0 Å². The van der Waals surface area contributed by atoms with Crippen LogP contribution in [-0.2, 0) is 6.54 Å². The highest BCUT2D eigenvalue weighted by Crippen LogP contribution is 2.09. The molecule has 1 aromatic rings. The second kappa shape index (κ2) is 4.77. The van der Waals surface area contributed by atoms with Crippen LogP contribution in [0, 0.1) is 0 Å². The molecule has 2 unspecified atom stereocenters. The quantitative estimate of drug-likeness (QED) is 0.788. The summed E-state index contributed by atoms with van der Waals surface area (Å²) < 4.78 is 2.14. The number of piperazine rings is 1. The van der Waals surface area contributed by atoms with E-state index in [-0.39, 0.29) is 0 Å². The third-order valence-corrected chi connectivity index (χ3v) is 3.19. The van der Waals surface area contributed by atoms with Gasteiger partial charge in [0.1, 0.15) is 0 Å². The second-order valence-corrected chi connectivity index (χ2v) is 4.39. The fourth-order valence-electron chi connectivity index (χ4n) is 2.26. The van der Waals surface area contributed by atoms with Gasteiger partial charge in [0.2, 0.25) is 0 Å². The molecule has 84 valence electrons. The minimum Gasteiger partial charge on any atom is -0.336 e. The number of nitrogens with zero attached hydrogens (tertiary/aromatic N) is 3. The lowest BCUT2D eigenvalue weighted by molar-refractivity contribution is 0.112. The van der Waals surface area contributed by atoms with E-state index in [0.29, 0.717) is 12.1 Å². The lowest BCUT2D eigenvalue weighted by atomic mass is 10.1. The maximum absolute atomic E-state index is 4.06. The molecule has 1 aliphatic rings. The van der Waals surface area contributed by atoms with Crippen molar-refractivity contribution < 1.29 is 0 Å². The first-order valence-corrected chi connectivity index (χ1v) is 5.69. The van der Waals surface area contributed by atoms with Crippen LogP contribution in [0.25, 0.3) is 0 Å². The molecule has 1 fully saturated rings. The molecule has 1 aromatic heterocycles. The summed E-state index contributed by atoms with van der Waals surface area (Å²) in [5.41, 5.74) is 0. The largest absolute Gasteiger partial charge is 0.336 e. The fraction of sp³-hybridized carbons (Fsp3) is 0.727. The molecule has 1 aliphatic heterocycles. The molecule has 0 bridgehead atoms. The molecule has 0 saturated carbocycles. The summed E-state index contributed by atoms with van der Waals surface area (Å²) in [6, 6.07) is 1.27.